The van der Waals surface area contributed by atoms with Crippen molar-refractivity contribution < 1.29 is 5.11 Å². The SMILES string of the molecule is CCC(=NNC(=S)Nc1ccccc1)c1c(O)n(-c2ccccc2C)c(=O)[nH]c1=O. The number of aryl methyl sites for hydroxylation is 1. The minimum absolute atomic E-state index is 0.102. The van der Waals surface area contributed by atoms with Gasteiger partial charge in [0.25, 0.3) is 5.56 Å². The van der Waals surface area contributed by atoms with Gasteiger partial charge in [-0.3, -0.25) is 15.2 Å². The van der Waals surface area contributed by atoms with E-state index in [0.717, 1.165) is 15.8 Å². The number of H-pyrrole nitrogens is 1. The molecule has 0 fully saturated rings. The van der Waals surface area contributed by atoms with E-state index in [2.05, 4.69) is 20.8 Å². The van der Waals surface area contributed by atoms with Crippen molar-refractivity contribution in [3.63, 3.8) is 0 Å². The van der Waals surface area contributed by atoms with Gasteiger partial charge < -0.3 is 10.4 Å². The smallest absolute Gasteiger partial charge is 0.335 e. The largest absolute Gasteiger partial charge is 0.493 e. The van der Waals surface area contributed by atoms with E-state index in [1.165, 1.54) is 0 Å². The average Bonchev–Trinajstić information content (AvgIpc) is 2.72. The van der Waals surface area contributed by atoms with Crippen molar-refractivity contribution in [1.29, 1.82) is 0 Å². The average molecular weight is 423 g/mol. The van der Waals surface area contributed by atoms with Crippen LogP contribution in [0.15, 0.2) is 69.3 Å². The Balaban J connectivity index is 1.98. The number of hydrogen-bond acceptors (Lipinski definition) is 5. The van der Waals surface area contributed by atoms with Gasteiger partial charge in [-0.2, -0.15) is 5.10 Å². The molecule has 0 amide bonds. The predicted molar refractivity (Wildman–Crippen MR) is 122 cm³/mol. The fourth-order valence-corrected chi connectivity index (χ4v) is 3.10. The molecule has 0 aliphatic heterocycles. The van der Waals surface area contributed by atoms with Crippen molar-refractivity contribution in [2.24, 2.45) is 5.10 Å². The van der Waals surface area contributed by atoms with Gasteiger partial charge >= 0.3 is 5.69 Å². The van der Waals surface area contributed by atoms with Crippen LogP contribution in [0.3, 0.4) is 0 Å². The molecule has 8 nitrogen and oxygen atoms in total. The summed E-state index contributed by atoms with van der Waals surface area (Å²) >= 11 is 5.23. The second-order valence-electron chi connectivity index (χ2n) is 6.42. The fourth-order valence-electron chi connectivity index (χ4n) is 2.93. The number of hydrogen-bond donors (Lipinski definition) is 4. The third kappa shape index (κ3) is 4.47. The van der Waals surface area contributed by atoms with Crippen molar-refractivity contribution in [3.05, 3.63) is 86.6 Å². The van der Waals surface area contributed by atoms with E-state index in [1.807, 2.05) is 36.4 Å². The van der Waals surface area contributed by atoms with E-state index in [-0.39, 0.29) is 16.4 Å². The lowest BCUT2D eigenvalue weighted by atomic mass is 10.1. The van der Waals surface area contributed by atoms with Gasteiger partial charge in [-0.15, -0.1) is 0 Å². The van der Waals surface area contributed by atoms with Gasteiger partial charge in [-0.1, -0.05) is 43.3 Å². The first-order valence-corrected chi connectivity index (χ1v) is 9.66. The maximum absolute atomic E-state index is 12.5. The molecule has 0 radical (unpaired) electrons. The second kappa shape index (κ2) is 9.19. The zero-order valence-corrected chi connectivity index (χ0v) is 17.3. The number of para-hydroxylation sites is 2. The Kier molecular flexibility index (Phi) is 6.43. The van der Waals surface area contributed by atoms with Crippen LogP contribution in [-0.2, 0) is 0 Å². The van der Waals surface area contributed by atoms with E-state index in [0.29, 0.717) is 12.1 Å². The van der Waals surface area contributed by atoms with E-state index >= 15 is 0 Å². The Morgan fingerprint density at radius 3 is 2.47 bits per heavy atom. The van der Waals surface area contributed by atoms with Gasteiger partial charge in [0.1, 0.15) is 5.56 Å². The summed E-state index contributed by atoms with van der Waals surface area (Å²) in [7, 11) is 0. The lowest BCUT2D eigenvalue weighted by Gasteiger charge is -2.14. The van der Waals surface area contributed by atoms with Crippen molar-refractivity contribution in [1.82, 2.24) is 15.0 Å². The number of nitrogens with zero attached hydrogens (tertiary/aromatic N) is 2. The highest BCUT2D eigenvalue weighted by Crippen LogP contribution is 2.20. The molecule has 2 aromatic carbocycles. The number of aromatic amines is 1. The van der Waals surface area contributed by atoms with Crippen LogP contribution in [-0.4, -0.2) is 25.5 Å². The number of aromatic nitrogens is 2. The van der Waals surface area contributed by atoms with Gasteiger partial charge in [0.2, 0.25) is 5.88 Å². The van der Waals surface area contributed by atoms with Crippen LogP contribution >= 0.6 is 12.2 Å². The summed E-state index contributed by atoms with van der Waals surface area (Å²) in [4.78, 5) is 27.1. The normalized spacial score (nSPS) is 11.2. The Hall–Kier alpha value is -3.72. The van der Waals surface area contributed by atoms with E-state index in [4.69, 9.17) is 12.2 Å². The lowest BCUT2D eigenvalue weighted by Crippen LogP contribution is -2.34. The highest BCUT2D eigenvalue weighted by molar-refractivity contribution is 7.80. The van der Waals surface area contributed by atoms with E-state index in [1.54, 1.807) is 32.0 Å². The molecule has 0 spiro atoms. The molecule has 1 aromatic heterocycles. The van der Waals surface area contributed by atoms with Crippen LogP contribution in [0.2, 0.25) is 0 Å². The summed E-state index contributed by atoms with van der Waals surface area (Å²) in [5.41, 5.74) is 3.35. The molecule has 0 aliphatic rings. The second-order valence-corrected chi connectivity index (χ2v) is 6.83. The Morgan fingerprint density at radius 1 is 1.13 bits per heavy atom. The number of aromatic hydroxyl groups is 1. The lowest BCUT2D eigenvalue weighted by molar-refractivity contribution is 0.429. The fraction of sp³-hybridized carbons (Fsp3) is 0.143. The first-order chi connectivity index (χ1) is 14.4. The molecule has 0 aliphatic carbocycles. The molecule has 4 N–H and O–H groups in total. The zero-order chi connectivity index (χ0) is 21.7. The standard InChI is InChI=1S/C21H21N5O3S/c1-3-15(24-25-20(30)22-14-10-5-4-6-11-14)17-18(27)23-21(29)26(19(17)28)16-12-8-7-9-13(16)2/h4-12,28H,3H2,1-2H3,(H2,22,25,30)(H,23,27,29). The van der Waals surface area contributed by atoms with Crippen LogP contribution in [0, 0.1) is 6.92 Å². The van der Waals surface area contributed by atoms with Crippen LogP contribution in [0.4, 0.5) is 5.69 Å². The predicted octanol–water partition coefficient (Wildman–Crippen LogP) is 2.64. The summed E-state index contributed by atoms with van der Waals surface area (Å²) in [5.74, 6) is -0.484. The molecular formula is C21H21N5O3S. The highest BCUT2D eigenvalue weighted by Gasteiger charge is 2.20. The quantitative estimate of drug-likeness (QED) is 0.285. The maximum Gasteiger partial charge on any atom is 0.335 e. The maximum atomic E-state index is 12.5. The topological polar surface area (TPSA) is 112 Å². The molecule has 30 heavy (non-hydrogen) atoms. The molecule has 3 aromatic rings. The molecule has 1 heterocycles. The molecule has 0 saturated carbocycles. The van der Waals surface area contributed by atoms with Gasteiger partial charge in [-0.05, 0) is 49.3 Å². The Labute approximate surface area is 177 Å². The van der Waals surface area contributed by atoms with Crippen molar-refractivity contribution >= 4 is 28.7 Å². The summed E-state index contributed by atoms with van der Waals surface area (Å²) in [5, 5.41) is 18.2. The first kappa shape index (κ1) is 21.0. The third-order valence-corrected chi connectivity index (χ3v) is 4.58. The highest BCUT2D eigenvalue weighted by atomic mass is 32.1. The number of hydrazone groups is 1. The van der Waals surface area contributed by atoms with Crippen LogP contribution < -0.4 is 22.0 Å². The summed E-state index contributed by atoms with van der Waals surface area (Å²) < 4.78 is 1.05. The minimum Gasteiger partial charge on any atom is -0.493 e. The molecule has 0 saturated heterocycles. The number of rotatable bonds is 5. The summed E-state index contributed by atoms with van der Waals surface area (Å²) in [6.45, 7) is 3.58. The molecule has 154 valence electrons. The number of thiocarbonyl (C=S) groups is 1. The zero-order valence-electron chi connectivity index (χ0n) is 16.5. The van der Waals surface area contributed by atoms with Crippen LogP contribution in [0.1, 0.15) is 24.5 Å². The van der Waals surface area contributed by atoms with Crippen molar-refractivity contribution in [3.8, 4) is 11.6 Å². The van der Waals surface area contributed by atoms with Gasteiger partial charge in [0.15, 0.2) is 5.11 Å². The molecule has 3 rings (SSSR count). The minimum atomic E-state index is -0.736. The Bertz CT molecular complexity index is 1220. The number of benzene rings is 2. The van der Waals surface area contributed by atoms with Crippen LogP contribution in [0.25, 0.3) is 5.69 Å². The van der Waals surface area contributed by atoms with Crippen molar-refractivity contribution in [2.45, 2.75) is 20.3 Å². The Morgan fingerprint density at radius 2 is 1.80 bits per heavy atom. The van der Waals surface area contributed by atoms with E-state index < -0.39 is 17.1 Å². The van der Waals surface area contributed by atoms with E-state index in [9.17, 15) is 14.7 Å². The summed E-state index contributed by atoms with van der Waals surface area (Å²) in [6, 6.07) is 16.3. The number of anilines is 1. The molecule has 0 unspecified atom stereocenters. The third-order valence-electron chi connectivity index (χ3n) is 4.39. The van der Waals surface area contributed by atoms with Crippen LogP contribution in [0.5, 0.6) is 5.88 Å². The summed E-state index contributed by atoms with van der Waals surface area (Å²) in [6.07, 6.45) is 0.309. The molecular weight excluding hydrogens is 402 g/mol. The van der Waals surface area contributed by atoms with Gasteiger partial charge in [-0.25, -0.2) is 9.36 Å². The molecule has 0 atom stereocenters. The van der Waals surface area contributed by atoms with Crippen molar-refractivity contribution in [2.75, 3.05) is 5.32 Å². The number of nitrogens with one attached hydrogen (secondary N) is 3. The monoisotopic (exact) mass is 423 g/mol. The molecule has 9 heteroatoms. The van der Waals surface area contributed by atoms with Gasteiger partial charge in [0.05, 0.1) is 11.4 Å². The molecule has 0 bridgehead atoms. The first-order valence-electron chi connectivity index (χ1n) is 9.25. The van der Waals surface area contributed by atoms with Gasteiger partial charge in [0, 0.05) is 5.69 Å².